The number of halogens is 2. The number of amides is 1. The summed E-state index contributed by atoms with van der Waals surface area (Å²) >= 11 is 0. The van der Waals surface area contributed by atoms with Crippen LogP contribution in [0, 0.1) is 11.6 Å². The second-order valence-corrected chi connectivity index (χ2v) is 9.75. The average Bonchev–Trinajstić information content (AvgIpc) is 3.34. The van der Waals surface area contributed by atoms with Crippen molar-refractivity contribution in [1.82, 2.24) is 29.7 Å². The lowest BCUT2D eigenvalue weighted by molar-refractivity contribution is -0.129. The van der Waals surface area contributed by atoms with Crippen LogP contribution in [-0.2, 0) is 30.8 Å². The lowest BCUT2D eigenvalue weighted by atomic mass is 10.1. The zero-order valence-corrected chi connectivity index (χ0v) is 20.7. The fourth-order valence-electron chi connectivity index (χ4n) is 5.30. The molecule has 0 bridgehead atoms. The number of carbonyl (C=O) groups excluding carboxylic acids is 1. The molecule has 3 aliphatic rings. The van der Waals surface area contributed by atoms with Gasteiger partial charge in [0.05, 0.1) is 36.4 Å². The van der Waals surface area contributed by atoms with Crippen LogP contribution in [0.4, 0.5) is 14.6 Å². The summed E-state index contributed by atoms with van der Waals surface area (Å²) in [6.07, 6.45) is 3.68. The van der Waals surface area contributed by atoms with Gasteiger partial charge in [-0.1, -0.05) is 0 Å². The van der Waals surface area contributed by atoms with Crippen molar-refractivity contribution in [2.45, 2.75) is 51.9 Å². The van der Waals surface area contributed by atoms with Crippen LogP contribution in [0.1, 0.15) is 37.0 Å². The summed E-state index contributed by atoms with van der Waals surface area (Å²) in [4.78, 5) is 30.8. The highest BCUT2D eigenvalue weighted by molar-refractivity contribution is 5.74. The molecular weight excluding hydrogens is 480 g/mol. The smallest absolute Gasteiger partial charge is 0.219 e. The quantitative estimate of drug-likeness (QED) is 0.579. The first-order valence-corrected chi connectivity index (χ1v) is 12.7. The van der Waals surface area contributed by atoms with Crippen molar-refractivity contribution in [2.24, 2.45) is 0 Å². The summed E-state index contributed by atoms with van der Waals surface area (Å²) in [7, 11) is 0. The highest BCUT2D eigenvalue weighted by Crippen LogP contribution is 2.34. The Kier molecular flexibility index (Phi) is 6.23. The third kappa shape index (κ3) is 4.63. The van der Waals surface area contributed by atoms with Crippen LogP contribution in [0.5, 0.6) is 5.75 Å². The summed E-state index contributed by atoms with van der Waals surface area (Å²) < 4.78 is 35.4. The van der Waals surface area contributed by atoms with Crippen LogP contribution in [-0.4, -0.2) is 62.6 Å². The molecule has 1 fully saturated rings. The molecule has 0 aliphatic carbocycles. The van der Waals surface area contributed by atoms with E-state index in [-0.39, 0.29) is 17.8 Å². The first kappa shape index (κ1) is 23.8. The van der Waals surface area contributed by atoms with Crippen molar-refractivity contribution >= 4 is 11.7 Å². The molecule has 9 nitrogen and oxygen atoms in total. The standard InChI is InChI=1S/C26H29F2N7O2/c1-16(36)34-10-6-20-21(15-34)31-25(22-13-30-24-14-29-7-11-35(22)24)26(32-20)33-8-4-18(5-9-33)37-23-3-2-17(27)12-19(23)28/h2-3,12-13,18,29H,4-11,14-15H2,1H3. The predicted molar refractivity (Wildman–Crippen MR) is 132 cm³/mol. The highest BCUT2D eigenvalue weighted by atomic mass is 19.1. The van der Waals surface area contributed by atoms with Gasteiger partial charge in [-0.3, -0.25) is 4.79 Å². The second-order valence-electron chi connectivity index (χ2n) is 9.75. The zero-order valence-electron chi connectivity index (χ0n) is 20.7. The molecule has 1 aromatic carbocycles. The largest absolute Gasteiger partial charge is 0.487 e. The van der Waals surface area contributed by atoms with Crippen molar-refractivity contribution in [1.29, 1.82) is 0 Å². The number of nitrogens with one attached hydrogen (secondary N) is 1. The monoisotopic (exact) mass is 509 g/mol. The maximum absolute atomic E-state index is 14.1. The van der Waals surface area contributed by atoms with Crippen molar-refractivity contribution in [3.05, 3.63) is 53.2 Å². The molecule has 0 saturated carbocycles. The number of carbonyl (C=O) groups is 1. The molecule has 11 heteroatoms. The summed E-state index contributed by atoms with van der Waals surface area (Å²) in [6, 6.07) is 3.39. The van der Waals surface area contributed by atoms with Crippen LogP contribution >= 0.6 is 0 Å². The molecule has 0 radical (unpaired) electrons. The molecule has 1 amide bonds. The van der Waals surface area contributed by atoms with Gasteiger partial charge in [0.15, 0.2) is 17.4 Å². The van der Waals surface area contributed by atoms with Gasteiger partial charge < -0.3 is 24.4 Å². The molecule has 1 N–H and O–H groups in total. The number of hydrogen-bond acceptors (Lipinski definition) is 7. The molecule has 0 atom stereocenters. The minimum atomic E-state index is -0.690. The molecule has 37 heavy (non-hydrogen) atoms. The van der Waals surface area contributed by atoms with Gasteiger partial charge >= 0.3 is 0 Å². The van der Waals surface area contributed by atoms with E-state index in [0.717, 1.165) is 53.6 Å². The van der Waals surface area contributed by atoms with Crippen molar-refractivity contribution < 1.29 is 18.3 Å². The molecule has 5 heterocycles. The second kappa shape index (κ2) is 9.70. The molecule has 3 aliphatic heterocycles. The van der Waals surface area contributed by atoms with E-state index in [1.807, 2.05) is 6.20 Å². The van der Waals surface area contributed by atoms with Crippen LogP contribution < -0.4 is 15.0 Å². The van der Waals surface area contributed by atoms with E-state index >= 15 is 0 Å². The first-order valence-electron chi connectivity index (χ1n) is 12.7. The zero-order chi connectivity index (χ0) is 25.5. The third-order valence-electron chi connectivity index (χ3n) is 7.34. The summed E-state index contributed by atoms with van der Waals surface area (Å²) in [5.74, 6) is 0.565. The fraction of sp³-hybridized carbons (Fsp3) is 0.462. The lowest BCUT2D eigenvalue weighted by Crippen LogP contribution is -2.40. The number of anilines is 1. The Hall–Kier alpha value is -3.60. The van der Waals surface area contributed by atoms with Crippen LogP contribution in [0.15, 0.2) is 24.4 Å². The lowest BCUT2D eigenvalue weighted by Gasteiger charge is -2.35. The minimum absolute atomic E-state index is 0.0329. The number of imidazole rings is 1. The number of piperidine rings is 1. The average molecular weight is 510 g/mol. The van der Waals surface area contributed by atoms with Gasteiger partial charge in [-0.2, -0.15) is 0 Å². The first-order chi connectivity index (χ1) is 18.0. The molecule has 3 aromatic rings. The molecular formula is C26H29F2N7O2. The van der Waals surface area contributed by atoms with E-state index < -0.39 is 11.6 Å². The van der Waals surface area contributed by atoms with Crippen LogP contribution in [0.25, 0.3) is 11.4 Å². The van der Waals surface area contributed by atoms with E-state index in [4.69, 9.17) is 14.7 Å². The van der Waals surface area contributed by atoms with Crippen LogP contribution in [0.3, 0.4) is 0 Å². The highest BCUT2D eigenvalue weighted by Gasteiger charge is 2.30. The van der Waals surface area contributed by atoms with Crippen molar-refractivity contribution in [2.75, 3.05) is 31.1 Å². The molecule has 6 rings (SSSR count). The van der Waals surface area contributed by atoms with E-state index in [0.29, 0.717) is 52.0 Å². The summed E-state index contributed by atoms with van der Waals surface area (Å²) in [6.45, 7) is 6.33. The third-order valence-corrected chi connectivity index (χ3v) is 7.34. The van der Waals surface area contributed by atoms with Gasteiger partial charge in [0.1, 0.15) is 23.4 Å². The SMILES string of the molecule is CC(=O)N1CCc2nc(N3CCC(Oc4ccc(F)cc4F)CC3)c(-c3cnc4n3CCNC4)nc2C1. The fourth-order valence-corrected chi connectivity index (χ4v) is 5.30. The van der Waals surface area contributed by atoms with Crippen molar-refractivity contribution in [3.63, 3.8) is 0 Å². The normalized spacial score (nSPS) is 17.9. The Morgan fingerprint density at radius 2 is 1.95 bits per heavy atom. The Morgan fingerprint density at radius 1 is 1.11 bits per heavy atom. The molecule has 1 saturated heterocycles. The predicted octanol–water partition coefficient (Wildman–Crippen LogP) is 2.67. The number of benzene rings is 1. The van der Waals surface area contributed by atoms with Gasteiger partial charge in [0.2, 0.25) is 5.91 Å². The number of rotatable bonds is 4. The van der Waals surface area contributed by atoms with Crippen LogP contribution in [0.2, 0.25) is 0 Å². The van der Waals surface area contributed by atoms with E-state index in [1.165, 1.54) is 12.1 Å². The maximum atomic E-state index is 14.1. The number of fused-ring (bicyclic) bond motifs is 2. The Balaban J connectivity index is 1.29. The minimum Gasteiger partial charge on any atom is -0.487 e. The topological polar surface area (TPSA) is 88.4 Å². The Labute approximate surface area is 213 Å². The Morgan fingerprint density at radius 3 is 2.73 bits per heavy atom. The number of aromatic nitrogens is 4. The summed E-state index contributed by atoms with van der Waals surface area (Å²) in [5, 5.41) is 3.35. The van der Waals surface area contributed by atoms with Crippen molar-refractivity contribution in [3.8, 4) is 17.1 Å². The van der Waals surface area contributed by atoms with E-state index in [1.54, 1.807) is 11.8 Å². The number of ether oxygens (including phenoxy) is 1. The van der Waals surface area contributed by atoms with Gasteiger partial charge in [-0.15, -0.1) is 0 Å². The van der Waals surface area contributed by atoms with Gasteiger partial charge in [0, 0.05) is 65.0 Å². The molecule has 194 valence electrons. The van der Waals surface area contributed by atoms with E-state index in [9.17, 15) is 13.6 Å². The molecule has 2 aromatic heterocycles. The number of hydrogen-bond donors (Lipinski definition) is 1. The van der Waals surface area contributed by atoms with Gasteiger partial charge in [0.25, 0.3) is 0 Å². The molecule has 0 unspecified atom stereocenters. The Bertz CT molecular complexity index is 1340. The molecule has 0 spiro atoms. The number of nitrogens with zero attached hydrogens (tertiary/aromatic N) is 6. The van der Waals surface area contributed by atoms with Gasteiger partial charge in [-0.05, 0) is 12.1 Å². The summed E-state index contributed by atoms with van der Waals surface area (Å²) in [5.41, 5.74) is 3.44. The maximum Gasteiger partial charge on any atom is 0.219 e. The van der Waals surface area contributed by atoms with Gasteiger partial charge in [-0.25, -0.2) is 23.7 Å². The van der Waals surface area contributed by atoms with E-state index in [2.05, 4.69) is 19.8 Å².